The Morgan fingerprint density at radius 2 is 2.12 bits per heavy atom. The Kier molecular flexibility index (Phi) is 6.64. The van der Waals surface area contributed by atoms with E-state index in [1.165, 1.54) is 0 Å². The van der Waals surface area contributed by atoms with Gasteiger partial charge in [-0.1, -0.05) is 6.07 Å². The van der Waals surface area contributed by atoms with Crippen molar-refractivity contribution in [3.63, 3.8) is 0 Å². The van der Waals surface area contributed by atoms with Crippen molar-refractivity contribution >= 4 is 15.7 Å². The summed E-state index contributed by atoms with van der Waals surface area (Å²) in [6.07, 6.45) is 7.59. The second-order valence-corrected chi connectivity index (χ2v) is 9.72. The van der Waals surface area contributed by atoms with Crippen LogP contribution in [0.4, 0.5) is 0 Å². The summed E-state index contributed by atoms with van der Waals surface area (Å²) in [7, 11) is -2.78. The molecule has 2 saturated heterocycles. The molecular weight excluding hydrogens is 350 g/mol. The van der Waals surface area contributed by atoms with Gasteiger partial charge in [0.05, 0.1) is 11.5 Å². The summed E-state index contributed by atoms with van der Waals surface area (Å²) >= 11 is 0. The summed E-state index contributed by atoms with van der Waals surface area (Å²) in [5, 5.41) is 0. The van der Waals surface area contributed by atoms with E-state index in [9.17, 15) is 13.2 Å². The molecule has 1 atom stereocenters. The second-order valence-electron chi connectivity index (χ2n) is 7.49. The Bertz CT molecular complexity index is 693. The lowest BCUT2D eigenvalue weighted by atomic mass is 10.1. The van der Waals surface area contributed by atoms with Crippen molar-refractivity contribution in [2.75, 3.05) is 44.2 Å². The van der Waals surface area contributed by atoms with Crippen LogP contribution in [0.3, 0.4) is 0 Å². The third-order valence-corrected chi connectivity index (χ3v) is 7.31. The highest BCUT2D eigenvalue weighted by Crippen LogP contribution is 2.22. The van der Waals surface area contributed by atoms with Crippen molar-refractivity contribution < 1.29 is 13.2 Å². The van der Waals surface area contributed by atoms with Crippen LogP contribution in [0.5, 0.6) is 0 Å². The number of sulfone groups is 1. The number of carbonyl (C=O) groups excluding carboxylic acids is 1. The first kappa shape index (κ1) is 19.3. The molecular formula is C19H29N3O3S. The maximum atomic E-state index is 12.5. The van der Waals surface area contributed by atoms with E-state index in [4.69, 9.17) is 0 Å². The second kappa shape index (κ2) is 8.95. The minimum Gasteiger partial charge on any atom is -0.341 e. The molecule has 2 aliphatic rings. The van der Waals surface area contributed by atoms with E-state index >= 15 is 0 Å². The molecule has 0 radical (unpaired) electrons. The highest BCUT2D eigenvalue weighted by molar-refractivity contribution is 7.91. The van der Waals surface area contributed by atoms with Crippen molar-refractivity contribution in [2.24, 2.45) is 5.92 Å². The average Bonchev–Trinajstić information content (AvgIpc) is 2.84. The van der Waals surface area contributed by atoms with Crippen LogP contribution in [-0.4, -0.2) is 73.3 Å². The van der Waals surface area contributed by atoms with Gasteiger partial charge in [-0.05, 0) is 56.3 Å². The topological polar surface area (TPSA) is 70.6 Å². The van der Waals surface area contributed by atoms with Crippen molar-refractivity contribution in [1.29, 1.82) is 0 Å². The third kappa shape index (κ3) is 5.77. The number of pyridine rings is 1. The first-order valence-electron chi connectivity index (χ1n) is 9.61. The Hall–Kier alpha value is -1.47. The summed E-state index contributed by atoms with van der Waals surface area (Å²) in [6.45, 7) is 4.41. The molecule has 6 nitrogen and oxygen atoms in total. The number of amides is 1. The average molecular weight is 380 g/mol. The largest absolute Gasteiger partial charge is 0.341 e. The van der Waals surface area contributed by atoms with E-state index in [2.05, 4.69) is 9.88 Å². The van der Waals surface area contributed by atoms with Crippen molar-refractivity contribution in [3.05, 3.63) is 30.1 Å². The van der Waals surface area contributed by atoms with E-state index in [-0.39, 0.29) is 5.91 Å². The number of aromatic nitrogens is 1. The van der Waals surface area contributed by atoms with Gasteiger partial charge >= 0.3 is 0 Å². The van der Waals surface area contributed by atoms with E-state index in [0.29, 0.717) is 23.8 Å². The fourth-order valence-corrected chi connectivity index (χ4v) is 5.77. The summed E-state index contributed by atoms with van der Waals surface area (Å²) in [5.41, 5.74) is 1.10. The Morgan fingerprint density at radius 3 is 2.85 bits per heavy atom. The Labute approximate surface area is 156 Å². The zero-order valence-corrected chi connectivity index (χ0v) is 16.2. The standard InChI is InChI=1S/C19H29N3O3S/c23-19(5-4-17-3-1-8-20-15-17)22-10-2-9-21(12-13-22)11-6-18-7-14-26(24,25)16-18/h1,3,8,15,18H,2,4-7,9-14,16H2. The molecule has 2 aliphatic heterocycles. The highest BCUT2D eigenvalue weighted by Gasteiger charge is 2.28. The van der Waals surface area contributed by atoms with Gasteiger partial charge in [0.25, 0.3) is 0 Å². The van der Waals surface area contributed by atoms with Gasteiger partial charge in [0.1, 0.15) is 0 Å². The lowest BCUT2D eigenvalue weighted by Gasteiger charge is -2.23. The van der Waals surface area contributed by atoms with E-state index in [1.54, 1.807) is 6.20 Å². The fraction of sp³-hybridized carbons (Fsp3) is 0.684. The maximum absolute atomic E-state index is 12.5. The number of aryl methyl sites for hydroxylation is 1. The summed E-state index contributed by atoms with van der Waals surface area (Å²) in [4.78, 5) is 21.0. The van der Waals surface area contributed by atoms with Gasteiger partial charge in [-0.15, -0.1) is 0 Å². The van der Waals surface area contributed by atoms with Crippen LogP contribution in [-0.2, 0) is 21.1 Å². The van der Waals surface area contributed by atoms with Crippen molar-refractivity contribution in [1.82, 2.24) is 14.8 Å². The lowest BCUT2D eigenvalue weighted by Crippen LogP contribution is -2.35. The van der Waals surface area contributed by atoms with Crippen LogP contribution in [0.15, 0.2) is 24.5 Å². The number of hydrogen-bond donors (Lipinski definition) is 0. The first-order valence-corrected chi connectivity index (χ1v) is 11.4. The molecule has 3 heterocycles. The zero-order valence-electron chi connectivity index (χ0n) is 15.3. The number of rotatable bonds is 6. The van der Waals surface area contributed by atoms with Gasteiger partial charge in [-0.2, -0.15) is 0 Å². The monoisotopic (exact) mass is 379 g/mol. The molecule has 0 aromatic carbocycles. The van der Waals surface area contributed by atoms with Gasteiger partial charge in [-0.3, -0.25) is 9.78 Å². The van der Waals surface area contributed by atoms with Crippen LogP contribution in [0.2, 0.25) is 0 Å². The van der Waals surface area contributed by atoms with Gasteiger partial charge in [0, 0.05) is 38.4 Å². The quantitative estimate of drug-likeness (QED) is 0.747. The van der Waals surface area contributed by atoms with Gasteiger partial charge in [-0.25, -0.2) is 8.42 Å². The Morgan fingerprint density at radius 1 is 1.23 bits per heavy atom. The molecule has 1 aromatic rings. The zero-order chi connectivity index (χ0) is 18.4. The molecule has 1 aromatic heterocycles. The molecule has 0 spiro atoms. The summed E-state index contributed by atoms with van der Waals surface area (Å²) < 4.78 is 23.1. The van der Waals surface area contributed by atoms with Crippen molar-refractivity contribution in [2.45, 2.75) is 32.1 Å². The Balaban J connectivity index is 1.39. The SMILES string of the molecule is O=C(CCc1cccnc1)N1CCCN(CCC2CCS(=O)(=O)C2)CC1. The molecule has 0 aliphatic carbocycles. The molecule has 1 unspecified atom stereocenters. The summed E-state index contributed by atoms with van der Waals surface area (Å²) in [6, 6.07) is 3.91. The molecule has 144 valence electrons. The van der Waals surface area contributed by atoms with Crippen LogP contribution in [0.1, 0.15) is 31.2 Å². The third-order valence-electron chi connectivity index (χ3n) is 5.47. The van der Waals surface area contributed by atoms with Crippen LogP contribution in [0, 0.1) is 5.92 Å². The van der Waals surface area contributed by atoms with Crippen LogP contribution in [0.25, 0.3) is 0 Å². The van der Waals surface area contributed by atoms with E-state index < -0.39 is 9.84 Å². The van der Waals surface area contributed by atoms with Gasteiger partial charge < -0.3 is 9.80 Å². The maximum Gasteiger partial charge on any atom is 0.222 e. The first-order chi connectivity index (χ1) is 12.5. The molecule has 26 heavy (non-hydrogen) atoms. The van der Waals surface area contributed by atoms with E-state index in [0.717, 1.165) is 64.0 Å². The van der Waals surface area contributed by atoms with Crippen LogP contribution >= 0.6 is 0 Å². The molecule has 1 amide bonds. The molecule has 0 saturated carbocycles. The number of hydrogen-bond acceptors (Lipinski definition) is 5. The fourth-order valence-electron chi connectivity index (χ4n) is 3.86. The minimum absolute atomic E-state index is 0.220. The molecule has 7 heteroatoms. The smallest absolute Gasteiger partial charge is 0.222 e. The van der Waals surface area contributed by atoms with Crippen molar-refractivity contribution in [3.8, 4) is 0 Å². The molecule has 0 N–H and O–H groups in total. The number of nitrogens with zero attached hydrogens (tertiary/aromatic N) is 3. The molecule has 2 fully saturated rings. The molecule has 0 bridgehead atoms. The predicted molar refractivity (Wildman–Crippen MR) is 102 cm³/mol. The van der Waals surface area contributed by atoms with E-state index in [1.807, 2.05) is 23.2 Å². The minimum atomic E-state index is -2.78. The highest BCUT2D eigenvalue weighted by atomic mass is 32.2. The summed E-state index contributed by atoms with van der Waals surface area (Å²) in [5.74, 6) is 1.26. The number of carbonyl (C=O) groups is 1. The van der Waals surface area contributed by atoms with Crippen LogP contribution < -0.4 is 0 Å². The lowest BCUT2D eigenvalue weighted by molar-refractivity contribution is -0.131. The molecule has 3 rings (SSSR count). The van der Waals surface area contributed by atoms with Gasteiger partial charge in [0.15, 0.2) is 9.84 Å². The van der Waals surface area contributed by atoms with Gasteiger partial charge in [0.2, 0.25) is 5.91 Å². The predicted octanol–water partition coefficient (Wildman–Crippen LogP) is 1.37. The normalized spacial score (nSPS) is 23.7.